The van der Waals surface area contributed by atoms with E-state index in [1.54, 1.807) is 0 Å². The maximum Gasteiger partial charge on any atom is 0.0926 e. The molecule has 0 amide bonds. The number of hydrogen-bond donors (Lipinski definition) is 1. The van der Waals surface area contributed by atoms with Gasteiger partial charge in [0.15, 0.2) is 0 Å². The second-order valence-electron chi connectivity index (χ2n) is 2.65. The quantitative estimate of drug-likeness (QED) is 0.597. The minimum atomic E-state index is 0.0373. The van der Waals surface area contributed by atoms with Crippen LogP contribution in [0.15, 0.2) is 0 Å². The third-order valence-corrected chi connectivity index (χ3v) is 1.78. The average Bonchev–Trinajstić information content (AvgIpc) is 1.78. The lowest BCUT2D eigenvalue weighted by molar-refractivity contribution is 0.330. The molecule has 1 saturated carbocycles. The van der Waals surface area contributed by atoms with E-state index in [4.69, 9.17) is 5.26 Å². The van der Waals surface area contributed by atoms with E-state index in [0.717, 1.165) is 0 Å². The van der Waals surface area contributed by atoms with Gasteiger partial charge in [-0.05, 0) is 19.8 Å². The molecule has 1 rings (SSSR count). The maximum atomic E-state index is 8.39. The van der Waals surface area contributed by atoms with Crippen LogP contribution in [0, 0.1) is 11.3 Å². The summed E-state index contributed by atoms with van der Waals surface area (Å²) in [5.74, 6) is 0. The number of rotatable bonds is 2. The van der Waals surface area contributed by atoms with Gasteiger partial charge in [-0.15, -0.1) is 0 Å². The standard InChI is InChI=1S/C7H12N2/c1-6(5-8)9-7-3-2-4-7/h6-7,9H,2-4H2,1H3. The predicted molar refractivity (Wildman–Crippen MR) is 35.8 cm³/mol. The molecule has 9 heavy (non-hydrogen) atoms. The SMILES string of the molecule is CC(C#N)NC1CCC1. The minimum absolute atomic E-state index is 0.0373. The summed E-state index contributed by atoms with van der Waals surface area (Å²) in [6.45, 7) is 1.90. The molecule has 0 saturated heterocycles. The van der Waals surface area contributed by atoms with E-state index in [0.29, 0.717) is 6.04 Å². The molecule has 1 N–H and O–H groups in total. The van der Waals surface area contributed by atoms with E-state index in [1.165, 1.54) is 19.3 Å². The van der Waals surface area contributed by atoms with Gasteiger partial charge in [0, 0.05) is 6.04 Å². The number of nitrogens with one attached hydrogen (secondary N) is 1. The maximum absolute atomic E-state index is 8.39. The fourth-order valence-corrected chi connectivity index (χ4v) is 0.966. The van der Waals surface area contributed by atoms with Crippen LogP contribution >= 0.6 is 0 Å². The van der Waals surface area contributed by atoms with Crippen molar-refractivity contribution in [2.45, 2.75) is 38.3 Å². The first kappa shape index (κ1) is 6.57. The molecule has 0 radical (unpaired) electrons. The van der Waals surface area contributed by atoms with Crippen LogP contribution in [-0.4, -0.2) is 12.1 Å². The summed E-state index contributed by atoms with van der Waals surface area (Å²) in [6.07, 6.45) is 3.84. The molecule has 1 unspecified atom stereocenters. The van der Waals surface area contributed by atoms with Crippen molar-refractivity contribution in [3.8, 4) is 6.07 Å². The lowest BCUT2D eigenvalue weighted by atomic mass is 9.93. The van der Waals surface area contributed by atoms with E-state index < -0.39 is 0 Å². The lowest BCUT2D eigenvalue weighted by Gasteiger charge is -2.27. The Bertz CT molecular complexity index is 121. The minimum Gasteiger partial charge on any atom is -0.299 e. The topological polar surface area (TPSA) is 35.8 Å². The van der Waals surface area contributed by atoms with Crippen LogP contribution in [0.2, 0.25) is 0 Å². The Hall–Kier alpha value is -0.550. The first-order chi connectivity index (χ1) is 4.33. The monoisotopic (exact) mass is 124 g/mol. The fraction of sp³-hybridized carbons (Fsp3) is 0.857. The van der Waals surface area contributed by atoms with Crippen LogP contribution in [0.1, 0.15) is 26.2 Å². The molecule has 0 heterocycles. The summed E-state index contributed by atoms with van der Waals surface area (Å²) in [7, 11) is 0. The molecule has 1 aliphatic rings. The smallest absolute Gasteiger partial charge is 0.0926 e. The second kappa shape index (κ2) is 2.84. The molecular weight excluding hydrogens is 112 g/mol. The molecule has 1 atom stereocenters. The van der Waals surface area contributed by atoms with Crippen LogP contribution < -0.4 is 5.32 Å². The lowest BCUT2D eigenvalue weighted by Crippen LogP contribution is -2.40. The van der Waals surface area contributed by atoms with Crippen LogP contribution in [0.4, 0.5) is 0 Å². The highest BCUT2D eigenvalue weighted by Gasteiger charge is 2.18. The normalized spacial score (nSPS) is 22.2. The highest BCUT2D eigenvalue weighted by atomic mass is 15.0. The molecule has 50 valence electrons. The Labute approximate surface area is 55.9 Å². The molecule has 0 aromatic carbocycles. The third kappa shape index (κ3) is 1.69. The van der Waals surface area contributed by atoms with Crippen LogP contribution in [0.25, 0.3) is 0 Å². The van der Waals surface area contributed by atoms with E-state index >= 15 is 0 Å². The van der Waals surface area contributed by atoms with Crippen molar-refractivity contribution in [1.82, 2.24) is 5.32 Å². The highest BCUT2D eigenvalue weighted by Crippen LogP contribution is 2.18. The number of hydrogen-bond acceptors (Lipinski definition) is 2. The Morgan fingerprint density at radius 2 is 2.33 bits per heavy atom. The summed E-state index contributed by atoms with van der Waals surface area (Å²) in [5.41, 5.74) is 0. The summed E-state index contributed by atoms with van der Waals surface area (Å²) in [5, 5.41) is 11.6. The molecule has 1 aliphatic carbocycles. The van der Waals surface area contributed by atoms with Crippen LogP contribution in [0.5, 0.6) is 0 Å². The zero-order valence-electron chi connectivity index (χ0n) is 5.72. The van der Waals surface area contributed by atoms with Gasteiger partial charge >= 0.3 is 0 Å². The number of nitrogens with zero attached hydrogens (tertiary/aromatic N) is 1. The molecule has 0 bridgehead atoms. The molecule has 2 heteroatoms. The zero-order valence-corrected chi connectivity index (χ0v) is 5.72. The van der Waals surface area contributed by atoms with Gasteiger partial charge in [-0.3, -0.25) is 5.32 Å². The summed E-state index contributed by atoms with van der Waals surface area (Å²) >= 11 is 0. The van der Waals surface area contributed by atoms with Crippen molar-refractivity contribution in [3.63, 3.8) is 0 Å². The van der Waals surface area contributed by atoms with Crippen molar-refractivity contribution in [2.24, 2.45) is 0 Å². The summed E-state index contributed by atoms with van der Waals surface area (Å²) in [4.78, 5) is 0. The largest absolute Gasteiger partial charge is 0.299 e. The van der Waals surface area contributed by atoms with Gasteiger partial charge in [0.2, 0.25) is 0 Å². The average molecular weight is 124 g/mol. The van der Waals surface area contributed by atoms with Gasteiger partial charge in [-0.25, -0.2) is 0 Å². The molecule has 0 aliphatic heterocycles. The Morgan fingerprint density at radius 3 is 2.67 bits per heavy atom. The van der Waals surface area contributed by atoms with E-state index in [-0.39, 0.29) is 6.04 Å². The third-order valence-electron chi connectivity index (χ3n) is 1.78. The molecule has 1 fully saturated rings. The van der Waals surface area contributed by atoms with Crippen LogP contribution in [-0.2, 0) is 0 Å². The molecule has 0 spiro atoms. The van der Waals surface area contributed by atoms with Gasteiger partial charge in [0.1, 0.15) is 0 Å². The fourth-order valence-electron chi connectivity index (χ4n) is 0.966. The Morgan fingerprint density at radius 1 is 1.67 bits per heavy atom. The van der Waals surface area contributed by atoms with Gasteiger partial charge in [0.05, 0.1) is 12.1 Å². The van der Waals surface area contributed by atoms with Gasteiger partial charge in [0.25, 0.3) is 0 Å². The molecule has 2 nitrogen and oxygen atoms in total. The van der Waals surface area contributed by atoms with Crippen LogP contribution in [0.3, 0.4) is 0 Å². The first-order valence-electron chi connectivity index (χ1n) is 3.48. The van der Waals surface area contributed by atoms with Crippen molar-refractivity contribution >= 4 is 0 Å². The van der Waals surface area contributed by atoms with Gasteiger partial charge < -0.3 is 0 Å². The first-order valence-corrected chi connectivity index (χ1v) is 3.48. The molecular formula is C7H12N2. The predicted octanol–water partition coefficient (Wildman–Crippen LogP) is 1.04. The molecule has 0 aromatic heterocycles. The number of nitriles is 1. The van der Waals surface area contributed by atoms with Crippen molar-refractivity contribution in [1.29, 1.82) is 5.26 Å². The van der Waals surface area contributed by atoms with Crippen molar-refractivity contribution < 1.29 is 0 Å². The zero-order chi connectivity index (χ0) is 6.69. The van der Waals surface area contributed by atoms with Crippen molar-refractivity contribution in [2.75, 3.05) is 0 Å². The van der Waals surface area contributed by atoms with E-state index in [1.807, 2.05) is 6.92 Å². The Kier molecular flexibility index (Phi) is 2.07. The van der Waals surface area contributed by atoms with Crippen molar-refractivity contribution in [3.05, 3.63) is 0 Å². The van der Waals surface area contributed by atoms with E-state index in [9.17, 15) is 0 Å². The van der Waals surface area contributed by atoms with Gasteiger partial charge in [-0.1, -0.05) is 6.42 Å². The van der Waals surface area contributed by atoms with E-state index in [2.05, 4.69) is 11.4 Å². The highest BCUT2D eigenvalue weighted by molar-refractivity contribution is 4.90. The second-order valence-corrected chi connectivity index (χ2v) is 2.65. The summed E-state index contributed by atoms with van der Waals surface area (Å²) < 4.78 is 0. The van der Waals surface area contributed by atoms with Gasteiger partial charge in [-0.2, -0.15) is 5.26 Å². The summed E-state index contributed by atoms with van der Waals surface area (Å²) in [6, 6.07) is 2.83. The Balaban J connectivity index is 2.10. The molecule has 0 aromatic rings.